The number of halogens is 1. The van der Waals surface area contributed by atoms with Gasteiger partial charge in [0.05, 0.1) is 6.61 Å². The number of amides is 1. The summed E-state index contributed by atoms with van der Waals surface area (Å²) in [5, 5.41) is 9.39. The van der Waals surface area contributed by atoms with Crippen molar-refractivity contribution < 1.29 is 9.90 Å². The molecule has 6 nitrogen and oxygen atoms in total. The van der Waals surface area contributed by atoms with E-state index in [1.807, 2.05) is 0 Å². The monoisotopic (exact) mass is 298 g/mol. The second-order valence-electron chi connectivity index (χ2n) is 4.87. The molecule has 1 saturated carbocycles. The van der Waals surface area contributed by atoms with E-state index in [1.165, 1.54) is 6.07 Å². The first kappa shape index (κ1) is 15.0. The second-order valence-corrected chi connectivity index (χ2v) is 5.26. The third-order valence-electron chi connectivity index (χ3n) is 3.56. The highest BCUT2D eigenvalue weighted by Gasteiger charge is 2.27. The molecule has 0 atom stereocenters. The van der Waals surface area contributed by atoms with Gasteiger partial charge in [0.15, 0.2) is 0 Å². The predicted octanol–water partition coefficient (Wildman–Crippen LogP) is 1.40. The van der Waals surface area contributed by atoms with Gasteiger partial charge in [-0.1, -0.05) is 24.4 Å². The quantitative estimate of drug-likeness (QED) is 0.434. The molecule has 4 N–H and O–H groups in total. The molecule has 110 valence electrons. The lowest BCUT2D eigenvalue weighted by molar-refractivity contribution is 0.0638. The van der Waals surface area contributed by atoms with Crippen LogP contribution in [0.4, 0.5) is 5.82 Å². The van der Waals surface area contributed by atoms with Crippen molar-refractivity contribution in [3.8, 4) is 0 Å². The van der Waals surface area contributed by atoms with Gasteiger partial charge >= 0.3 is 0 Å². The fourth-order valence-corrected chi connectivity index (χ4v) is 2.84. The van der Waals surface area contributed by atoms with Gasteiger partial charge in [0.1, 0.15) is 11.0 Å². The normalized spacial score (nSPS) is 15.3. The molecule has 1 fully saturated rings. The first-order chi connectivity index (χ1) is 9.65. The van der Waals surface area contributed by atoms with Crippen molar-refractivity contribution in [1.29, 1.82) is 0 Å². The summed E-state index contributed by atoms with van der Waals surface area (Å²) in [4.78, 5) is 18.3. The van der Waals surface area contributed by atoms with E-state index in [0.29, 0.717) is 17.9 Å². The minimum absolute atomic E-state index is 0.0525. The van der Waals surface area contributed by atoms with E-state index in [1.54, 1.807) is 11.0 Å². The van der Waals surface area contributed by atoms with Crippen LogP contribution in [0.15, 0.2) is 12.1 Å². The molecule has 1 aliphatic carbocycles. The number of nitrogen functional groups attached to an aromatic ring is 1. The highest BCUT2D eigenvalue weighted by Crippen LogP contribution is 2.25. The Morgan fingerprint density at radius 1 is 1.50 bits per heavy atom. The minimum Gasteiger partial charge on any atom is -0.395 e. The van der Waals surface area contributed by atoms with E-state index in [2.05, 4.69) is 10.4 Å². The fraction of sp³-hybridized carbons (Fsp3) is 0.538. The summed E-state index contributed by atoms with van der Waals surface area (Å²) in [6.45, 7) is 0.276. The van der Waals surface area contributed by atoms with Crippen LogP contribution in [0.5, 0.6) is 0 Å². The summed E-state index contributed by atoms with van der Waals surface area (Å²) >= 11 is 5.89. The molecule has 0 radical (unpaired) electrons. The number of nitrogens with zero attached hydrogens (tertiary/aromatic N) is 2. The first-order valence-electron chi connectivity index (χ1n) is 6.71. The number of pyridine rings is 1. The lowest BCUT2D eigenvalue weighted by atomic mass is 10.1. The van der Waals surface area contributed by atoms with Crippen LogP contribution in [0.3, 0.4) is 0 Å². The Hall–Kier alpha value is -1.37. The number of aliphatic hydroxyl groups excluding tert-OH is 1. The third kappa shape index (κ3) is 3.39. The first-order valence-corrected chi connectivity index (χ1v) is 7.09. The number of carbonyl (C=O) groups is 1. The Bertz CT molecular complexity index is 477. The summed E-state index contributed by atoms with van der Waals surface area (Å²) in [5.41, 5.74) is 2.82. The number of aromatic nitrogens is 1. The van der Waals surface area contributed by atoms with Crippen molar-refractivity contribution in [3.63, 3.8) is 0 Å². The zero-order valence-electron chi connectivity index (χ0n) is 11.2. The topological polar surface area (TPSA) is 91.5 Å². The molecular formula is C13H19ClN4O2. The van der Waals surface area contributed by atoms with Gasteiger partial charge in [-0.05, 0) is 25.0 Å². The number of hydrogen-bond acceptors (Lipinski definition) is 5. The standard InChI is InChI=1S/C13H19ClN4O2/c14-11-7-9(8-12(16-11)17-15)13(20)18(5-6-19)10-3-1-2-4-10/h7-8,10,19H,1-6,15H2,(H,16,17). The Morgan fingerprint density at radius 2 is 2.20 bits per heavy atom. The Balaban J connectivity index is 2.24. The fourth-order valence-electron chi connectivity index (χ4n) is 2.63. The van der Waals surface area contributed by atoms with Crippen LogP contribution < -0.4 is 11.3 Å². The van der Waals surface area contributed by atoms with Gasteiger partial charge in [0.25, 0.3) is 5.91 Å². The zero-order chi connectivity index (χ0) is 14.5. The highest BCUT2D eigenvalue weighted by molar-refractivity contribution is 6.29. The molecule has 1 amide bonds. The van der Waals surface area contributed by atoms with Gasteiger partial charge in [-0.15, -0.1) is 0 Å². The van der Waals surface area contributed by atoms with E-state index in [9.17, 15) is 9.90 Å². The van der Waals surface area contributed by atoms with E-state index in [4.69, 9.17) is 17.4 Å². The van der Waals surface area contributed by atoms with Crippen molar-refractivity contribution in [2.45, 2.75) is 31.7 Å². The van der Waals surface area contributed by atoms with Crippen LogP contribution in [-0.4, -0.2) is 40.1 Å². The van der Waals surface area contributed by atoms with Gasteiger partial charge in [-0.25, -0.2) is 10.8 Å². The highest BCUT2D eigenvalue weighted by atomic mass is 35.5. The molecule has 1 heterocycles. The average Bonchev–Trinajstić information content (AvgIpc) is 2.97. The molecule has 0 unspecified atom stereocenters. The molecule has 2 rings (SSSR count). The Morgan fingerprint density at radius 3 is 2.80 bits per heavy atom. The van der Waals surface area contributed by atoms with Crippen molar-refractivity contribution >= 4 is 23.3 Å². The molecule has 1 aliphatic rings. The number of hydrazine groups is 1. The second kappa shape index (κ2) is 6.88. The molecule has 0 aliphatic heterocycles. The molecule has 0 spiro atoms. The lowest BCUT2D eigenvalue weighted by Gasteiger charge is -2.28. The van der Waals surface area contributed by atoms with Gasteiger partial charge in [0.2, 0.25) is 0 Å². The lowest BCUT2D eigenvalue weighted by Crippen LogP contribution is -2.40. The van der Waals surface area contributed by atoms with Gasteiger partial charge in [-0.2, -0.15) is 0 Å². The maximum Gasteiger partial charge on any atom is 0.254 e. The number of nitrogens with one attached hydrogen (secondary N) is 1. The third-order valence-corrected chi connectivity index (χ3v) is 3.75. The van der Waals surface area contributed by atoms with E-state index in [0.717, 1.165) is 25.7 Å². The molecule has 1 aromatic rings. The number of anilines is 1. The summed E-state index contributed by atoms with van der Waals surface area (Å²) in [6.07, 6.45) is 4.19. The van der Waals surface area contributed by atoms with Crippen LogP contribution in [0.2, 0.25) is 5.15 Å². The van der Waals surface area contributed by atoms with Crippen LogP contribution in [0.1, 0.15) is 36.0 Å². The molecule has 7 heteroatoms. The molecule has 0 saturated heterocycles. The molecule has 0 aromatic carbocycles. The van der Waals surface area contributed by atoms with Crippen molar-refractivity contribution in [2.75, 3.05) is 18.6 Å². The minimum atomic E-state index is -0.147. The number of nitrogens with two attached hydrogens (primary N) is 1. The Kier molecular flexibility index (Phi) is 5.17. The van der Waals surface area contributed by atoms with Crippen LogP contribution in [0, 0.1) is 0 Å². The van der Waals surface area contributed by atoms with E-state index < -0.39 is 0 Å². The Labute approximate surface area is 122 Å². The zero-order valence-corrected chi connectivity index (χ0v) is 11.9. The predicted molar refractivity (Wildman–Crippen MR) is 77.4 cm³/mol. The maximum absolute atomic E-state index is 12.6. The maximum atomic E-state index is 12.6. The number of aliphatic hydroxyl groups is 1. The van der Waals surface area contributed by atoms with Gasteiger partial charge in [0, 0.05) is 18.2 Å². The molecular weight excluding hydrogens is 280 g/mol. The van der Waals surface area contributed by atoms with Gasteiger partial charge < -0.3 is 15.4 Å². The van der Waals surface area contributed by atoms with E-state index >= 15 is 0 Å². The van der Waals surface area contributed by atoms with Gasteiger partial charge in [-0.3, -0.25) is 4.79 Å². The van der Waals surface area contributed by atoms with Crippen molar-refractivity contribution in [3.05, 3.63) is 22.8 Å². The summed E-state index contributed by atoms with van der Waals surface area (Å²) < 4.78 is 0. The smallest absolute Gasteiger partial charge is 0.254 e. The van der Waals surface area contributed by atoms with E-state index in [-0.39, 0.29) is 23.7 Å². The molecule has 1 aromatic heterocycles. The molecule has 20 heavy (non-hydrogen) atoms. The SMILES string of the molecule is NNc1cc(C(=O)N(CCO)C2CCCC2)cc(Cl)n1. The van der Waals surface area contributed by atoms with Crippen LogP contribution >= 0.6 is 11.6 Å². The summed E-state index contributed by atoms with van der Waals surface area (Å²) in [7, 11) is 0. The average molecular weight is 299 g/mol. The van der Waals surface area contributed by atoms with Crippen LogP contribution in [-0.2, 0) is 0 Å². The number of hydrogen-bond donors (Lipinski definition) is 3. The van der Waals surface area contributed by atoms with Crippen molar-refractivity contribution in [2.24, 2.45) is 5.84 Å². The number of rotatable bonds is 5. The molecule has 0 bridgehead atoms. The summed E-state index contributed by atoms with van der Waals surface area (Å²) in [5.74, 6) is 5.51. The largest absolute Gasteiger partial charge is 0.395 e. The van der Waals surface area contributed by atoms with Crippen LogP contribution in [0.25, 0.3) is 0 Å². The van der Waals surface area contributed by atoms with Crippen molar-refractivity contribution in [1.82, 2.24) is 9.88 Å². The summed E-state index contributed by atoms with van der Waals surface area (Å²) in [6, 6.07) is 3.27. The number of carbonyl (C=O) groups excluding carboxylic acids is 1.